The number of nitrogens with two attached hydrogens (primary N) is 1. The molecule has 7 heteroatoms. The molecule has 0 radical (unpaired) electrons. The molecule has 1 aliphatic rings. The first kappa shape index (κ1) is 14.6. The van der Waals surface area contributed by atoms with E-state index in [1.54, 1.807) is 6.07 Å². The number of rotatable bonds is 7. The van der Waals surface area contributed by atoms with Crippen LogP contribution in [0.2, 0.25) is 5.02 Å². The Morgan fingerprint density at radius 1 is 1.42 bits per heavy atom. The molecule has 0 spiro atoms. The molecule has 0 atom stereocenters. The lowest BCUT2D eigenvalue weighted by atomic mass is 10.3. The van der Waals surface area contributed by atoms with Crippen LogP contribution in [-0.4, -0.2) is 28.2 Å². The average Bonchev–Trinajstić information content (AvgIpc) is 3.15. The minimum absolute atomic E-state index is 0.00203. The second-order valence-electron chi connectivity index (χ2n) is 4.60. The van der Waals surface area contributed by atoms with E-state index in [0.29, 0.717) is 24.2 Å². The Balaban J connectivity index is 1.87. The molecule has 0 saturated heterocycles. The van der Waals surface area contributed by atoms with Gasteiger partial charge in [0.25, 0.3) is 0 Å². The fourth-order valence-electron chi connectivity index (χ4n) is 1.60. The number of hydrogen-bond acceptors (Lipinski definition) is 4. The predicted octanol–water partition coefficient (Wildman–Crippen LogP) is 1.63. The van der Waals surface area contributed by atoms with Crippen molar-refractivity contribution in [3.05, 3.63) is 23.2 Å². The maximum Gasteiger partial charge on any atom is 0.242 e. The van der Waals surface area contributed by atoms with Crippen molar-refractivity contribution < 1.29 is 13.2 Å². The quantitative estimate of drug-likeness (QED) is 0.592. The Labute approximate surface area is 118 Å². The summed E-state index contributed by atoms with van der Waals surface area (Å²) < 4.78 is 31.8. The SMILES string of the molecule is Nc1ccc(Cl)cc1S(=O)(=O)NCCOCC1CC1. The number of halogens is 1. The maximum atomic E-state index is 12.0. The number of nitrogen functional groups attached to an aromatic ring is 1. The third-order valence-corrected chi connectivity index (χ3v) is 4.61. The highest BCUT2D eigenvalue weighted by molar-refractivity contribution is 7.89. The summed E-state index contributed by atoms with van der Waals surface area (Å²) in [7, 11) is -3.64. The minimum atomic E-state index is -3.64. The van der Waals surface area contributed by atoms with Gasteiger partial charge in [0.15, 0.2) is 0 Å². The van der Waals surface area contributed by atoms with Gasteiger partial charge in [-0.25, -0.2) is 13.1 Å². The molecule has 0 bridgehead atoms. The maximum absolute atomic E-state index is 12.0. The first-order chi connectivity index (χ1) is 8.99. The summed E-state index contributed by atoms with van der Waals surface area (Å²) in [5.41, 5.74) is 5.82. The van der Waals surface area contributed by atoms with E-state index in [2.05, 4.69) is 4.72 Å². The summed E-state index contributed by atoms with van der Waals surface area (Å²) in [5.74, 6) is 0.667. The highest BCUT2D eigenvalue weighted by atomic mass is 35.5. The molecular formula is C12H17ClN2O3S. The van der Waals surface area contributed by atoms with Gasteiger partial charge in [0, 0.05) is 18.2 Å². The van der Waals surface area contributed by atoms with Gasteiger partial charge in [-0.3, -0.25) is 0 Å². The van der Waals surface area contributed by atoms with Gasteiger partial charge in [-0.1, -0.05) is 11.6 Å². The summed E-state index contributed by atoms with van der Waals surface area (Å²) in [6.45, 7) is 1.29. The Morgan fingerprint density at radius 3 is 2.84 bits per heavy atom. The number of ether oxygens (including phenoxy) is 1. The third kappa shape index (κ3) is 4.35. The number of anilines is 1. The lowest BCUT2D eigenvalue weighted by Crippen LogP contribution is -2.28. The molecule has 106 valence electrons. The fourth-order valence-corrected chi connectivity index (χ4v) is 3.01. The number of hydrogen-bond donors (Lipinski definition) is 2. The van der Waals surface area contributed by atoms with Crippen molar-refractivity contribution in [3.8, 4) is 0 Å². The van der Waals surface area contributed by atoms with Gasteiger partial charge in [0.1, 0.15) is 4.90 Å². The van der Waals surface area contributed by atoms with E-state index in [1.807, 2.05) is 0 Å². The van der Waals surface area contributed by atoms with E-state index >= 15 is 0 Å². The van der Waals surface area contributed by atoms with Crippen LogP contribution in [0.3, 0.4) is 0 Å². The van der Waals surface area contributed by atoms with E-state index in [9.17, 15) is 8.42 Å². The van der Waals surface area contributed by atoms with Crippen LogP contribution < -0.4 is 10.5 Å². The smallest absolute Gasteiger partial charge is 0.242 e. The first-order valence-corrected chi connectivity index (χ1v) is 7.97. The van der Waals surface area contributed by atoms with E-state index in [0.717, 1.165) is 0 Å². The van der Waals surface area contributed by atoms with Crippen LogP contribution in [0.4, 0.5) is 5.69 Å². The highest BCUT2D eigenvalue weighted by Crippen LogP contribution is 2.28. The molecule has 2 rings (SSSR count). The summed E-state index contributed by atoms with van der Waals surface area (Å²) in [5, 5.41) is 0.333. The van der Waals surface area contributed by atoms with E-state index < -0.39 is 10.0 Å². The van der Waals surface area contributed by atoms with Crippen molar-refractivity contribution in [2.45, 2.75) is 17.7 Å². The molecular weight excluding hydrogens is 288 g/mol. The summed E-state index contributed by atoms with van der Waals surface area (Å²) in [6, 6.07) is 4.36. The second-order valence-corrected chi connectivity index (χ2v) is 6.77. The normalized spacial score (nSPS) is 15.6. The molecule has 1 aliphatic carbocycles. The van der Waals surface area contributed by atoms with Crippen molar-refractivity contribution in [2.24, 2.45) is 5.92 Å². The zero-order chi connectivity index (χ0) is 13.9. The molecule has 1 saturated carbocycles. The molecule has 5 nitrogen and oxygen atoms in total. The fraction of sp³-hybridized carbons (Fsp3) is 0.500. The van der Waals surface area contributed by atoms with Crippen LogP contribution in [0.25, 0.3) is 0 Å². The molecule has 0 aromatic heterocycles. The van der Waals surface area contributed by atoms with Gasteiger partial charge in [-0.05, 0) is 37.0 Å². The van der Waals surface area contributed by atoms with Crippen LogP contribution in [-0.2, 0) is 14.8 Å². The van der Waals surface area contributed by atoms with Crippen molar-refractivity contribution in [2.75, 3.05) is 25.5 Å². The third-order valence-electron chi connectivity index (χ3n) is 2.85. The first-order valence-electron chi connectivity index (χ1n) is 6.11. The molecule has 0 heterocycles. The van der Waals surface area contributed by atoms with Crippen LogP contribution in [0.1, 0.15) is 12.8 Å². The molecule has 1 fully saturated rings. The lowest BCUT2D eigenvalue weighted by Gasteiger charge is -2.09. The summed E-state index contributed by atoms with van der Waals surface area (Å²) in [4.78, 5) is 0.00203. The number of sulfonamides is 1. The van der Waals surface area contributed by atoms with Crippen LogP contribution >= 0.6 is 11.6 Å². The molecule has 3 N–H and O–H groups in total. The molecule has 0 aliphatic heterocycles. The molecule has 1 aromatic carbocycles. The minimum Gasteiger partial charge on any atom is -0.398 e. The van der Waals surface area contributed by atoms with Crippen molar-refractivity contribution >= 4 is 27.3 Å². The van der Waals surface area contributed by atoms with Crippen molar-refractivity contribution in [3.63, 3.8) is 0 Å². The van der Waals surface area contributed by atoms with Crippen molar-refractivity contribution in [1.82, 2.24) is 4.72 Å². The standard InChI is InChI=1S/C12H17ClN2O3S/c13-10-3-4-11(14)12(7-10)19(16,17)15-5-6-18-8-9-1-2-9/h3-4,7,9,15H,1-2,5-6,8,14H2. The lowest BCUT2D eigenvalue weighted by molar-refractivity contribution is 0.129. The van der Waals surface area contributed by atoms with Crippen molar-refractivity contribution in [1.29, 1.82) is 0 Å². The topological polar surface area (TPSA) is 81.4 Å². The monoisotopic (exact) mass is 304 g/mol. The van der Waals surface area contributed by atoms with Gasteiger partial charge in [0.2, 0.25) is 10.0 Å². The second kappa shape index (κ2) is 6.09. The van der Waals surface area contributed by atoms with Gasteiger partial charge in [0.05, 0.1) is 12.3 Å². The van der Waals surface area contributed by atoms with Crippen LogP contribution in [0, 0.1) is 5.92 Å². The van der Waals surface area contributed by atoms with E-state index in [4.69, 9.17) is 22.1 Å². The molecule has 19 heavy (non-hydrogen) atoms. The zero-order valence-electron chi connectivity index (χ0n) is 10.4. The van der Waals surface area contributed by atoms with Gasteiger partial charge in [-0.15, -0.1) is 0 Å². The number of nitrogens with one attached hydrogen (secondary N) is 1. The Hall–Kier alpha value is -0.820. The Morgan fingerprint density at radius 2 is 2.16 bits per heavy atom. The number of benzene rings is 1. The van der Waals surface area contributed by atoms with Crippen LogP contribution in [0.5, 0.6) is 0 Å². The molecule has 0 amide bonds. The average molecular weight is 305 g/mol. The van der Waals surface area contributed by atoms with E-state index in [-0.39, 0.29) is 17.1 Å². The zero-order valence-corrected chi connectivity index (χ0v) is 12.0. The van der Waals surface area contributed by atoms with Gasteiger partial charge >= 0.3 is 0 Å². The van der Waals surface area contributed by atoms with Gasteiger partial charge < -0.3 is 10.5 Å². The molecule has 1 aromatic rings. The summed E-state index contributed by atoms with van der Waals surface area (Å²) >= 11 is 5.78. The summed E-state index contributed by atoms with van der Waals surface area (Å²) in [6.07, 6.45) is 2.43. The largest absolute Gasteiger partial charge is 0.398 e. The predicted molar refractivity (Wildman–Crippen MR) is 74.6 cm³/mol. The Bertz CT molecular complexity index is 544. The highest BCUT2D eigenvalue weighted by Gasteiger charge is 2.21. The van der Waals surface area contributed by atoms with E-state index in [1.165, 1.54) is 25.0 Å². The molecule has 0 unspecified atom stereocenters. The Kier molecular flexibility index (Phi) is 4.67. The van der Waals surface area contributed by atoms with Crippen LogP contribution in [0.15, 0.2) is 23.1 Å². The van der Waals surface area contributed by atoms with Gasteiger partial charge in [-0.2, -0.15) is 0 Å².